The third kappa shape index (κ3) is 5.87. The number of fused-ring (bicyclic) bond motifs is 2. The fourth-order valence-electron chi connectivity index (χ4n) is 5.66. The third-order valence-corrected chi connectivity index (χ3v) is 9.11. The van der Waals surface area contributed by atoms with Crippen molar-refractivity contribution in [3.63, 3.8) is 0 Å². The van der Waals surface area contributed by atoms with Gasteiger partial charge in [-0.2, -0.15) is 0 Å². The molecule has 37 heavy (non-hydrogen) atoms. The smallest absolute Gasteiger partial charge is 0.234 e. The number of carbonyl (C=O) groups is 1. The highest BCUT2D eigenvalue weighted by Gasteiger charge is 2.43. The number of anilines is 1. The molecule has 0 radical (unpaired) electrons. The van der Waals surface area contributed by atoms with E-state index in [1.165, 1.54) is 55.6 Å². The summed E-state index contributed by atoms with van der Waals surface area (Å²) >= 11 is 19.7. The molecule has 1 N–H and O–H groups in total. The van der Waals surface area contributed by atoms with Gasteiger partial charge in [0.05, 0.1) is 21.5 Å². The average Bonchev–Trinajstić information content (AvgIpc) is 3.60. The van der Waals surface area contributed by atoms with Crippen molar-refractivity contribution in [3.05, 3.63) is 63.1 Å². The summed E-state index contributed by atoms with van der Waals surface area (Å²) in [6, 6.07) is 9.45. The fraction of sp³-hybridized carbons (Fsp3) is 0.423. The number of carbonyl (C=O) groups excluding carboxylic acids is 1. The molecule has 0 saturated heterocycles. The quantitative estimate of drug-likeness (QED) is 0.262. The molecule has 1 heterocycles. The zero-order valence-corrected chi connectivity index (χ0v) is 23.2. The van der Waals surface area contributed by atoms with Crippen LogP contribution in [0.4, 0.5) is 10.1 Å². The van der Waals surface area contributed by atoms with Gasteiger partial charge in [-0.05, 0) is 68.2 Å². The summed E-state index contributed by atoms with van der Waals surface area (Å²) in [7, 11) is 0. The summed E-state index contributed by atoms with van der Waals surface area (Å²) in [6.45, 7) is 2.25. The average molecular weight is 584 g/mol. The van der Waals surface area contributed by atoms with E-state index in [1.54, 1.807) is 18.2 Å². The minimum atomic E-state index is -0.430. The van der Waals surface area contributed by atoms with Crippen LogP contribution in [0.5, 0.6) is 5.75 Å². The second-order valence-corrected chi connectivity index (χ2v) is 11.8. The van der Waals surface area contributed by atoms with Crippen molar-refractivity contribution in [3.8, 4) is 5.75 Å². The molecule has 3 aromatic rings. The van der Waals surface area contributed by atoms with Crippen LogP contribution in [0.3, 0.4) is 0 Å². The van der Waals surface area contributed by atoms with Gasteiger partial charge in [0.15, 0.2) is 22.5 Å². The summed E-state index contributed by atoms with van der Waals surface area (Å²) in [4.78, 5) is 12.8. The Hall–Kier alpha value is -2.00. The van der Waals surface area contributed by atoms with Crippen LogP contribution in [0.15, 0.2) is 41.6 Å². The zero-order chi connectivity index (χ0) is 26.1. The Bertz CT molecular complexity index is 1280. The Morgan fingerprint density at radius 1 is 1.19 bits per heavy atom. The van der Waals surface area contributed by atoms with Gasteiger partial charge in [-0.15, -0.1) is 10.2 Å². The Labute approximate surface area is 234 Å². The van der Waals surface area contributed by atoms with E-state index in [-0.39, 0.29) is 40.1 Å². The normalized spacial score (nSPS) is 21.3. The van der Waals surface area contributed by atoms with E-state index < -0.39 is 5.82 Å². The number of aromatic nitrogens is 3. The molecule has 2 aliphatic rings. The number of rotatable bonds is 9. The van der Waals surface area contributed by atoms with Gasteiger partial charge in [0.2, 0.25) is 5.91 Å². The van der Waals surface area contributed by atoms with Crippen LogP contribution in [0, 0.1) is 23.6 Å². The number of thioether (sulfide) groups is 1. The van der Waals surface area contributed by atoms with Crippen molar-refractivity contribution in [2.45, 2.75) is 50.4 Å². The summed E-state index contributed by atoms with van der Waals surface area (Å²) in [5.41, 5.74) is 0.314. The van der Waals surface area contributed by atoms with Crippen molar-refractivity contribution in [1.82, 2.24) is 14.8 Å². The van der Waals surface area contributed by atoms with Crippen LogP contribution in [0.2, 0.25) is 15.1 Å². The second-order valence-electron chi connectivity index (χ2n) is 9.65. The lowest BCUT2D eigenvalue weighted by Crippen LogP contribution is -2.25. The maximum Gasteiger partial charge on any atom is 0.234 e. The van der Waals surface area contributed by atoms with Crippen LogP contribution in [-0.4, -0.2) is 26.4 Å². The maximum atomic E-state index is 14.1. The van der Waals surface area contributed by atoms with E-state index >= 15 is 0 Å². The largest absolute Gasteiger partial charge is 0.483 e. The van der Waals surface area contributed by atoms with Crippen LogP contribution >= 0.6 is 46.6 Å². The summed E-state index contributed by atoms with van der Waals surface area (Å²) < 4.78 is 22.0. The van der Waals surface area contributed by atoms with E-state index in [2.05, 4.69) is 27.0 Å². The van der Waals surface area contributed by atoms with Crippen molar-refractivity contribution >= 4 is 58.2 Å². The van der Waals surface area contributed by atoms with E-state index in [0.717, 1.165) is 5.92 Å². The van der Waals surface area contributed by atoms with Crippen molar-refractivity contribution < 1.29 is 13.9 Å². The SMILES string of the molecule is C[C@@H]([C@@H]1C[C@H]2CC[C@H]1C2)n1c(COc2ccccc2F)nnc1SCC(=O)Nc1c(Cl)cc(Cl)cc1Cl. The summed E-state index contributed by atoms with van der Waals surface area (Å²) in [5.74, 6) is 2.08. The number of ether oxygens (including phenoxy) is 1. The topological polar surface area (TPSA) is 69.0 Å². The number of nitrogens with zero attached hydrogens (tertiary/aromatic N) is 3. The first-order chi connectivity index (χ1) is 17.8. The molecule has 196 valence electrons. The van der Waals surface area contributed by atoms with Crippen LogP contribution in [-0.2, 0) is 11.4 Å². The van der Waals surface area contributed by atoms with E-state index in [9.17, 15) is 9.18 Å². The van der Waals surface area contributed by atoms with Crippen LogP contribution < -0.4 is 10.1 Å². The molecule has 6 nitrogen and oxygen atoms in total. The molecule has 5 rings (SSSR count). The lowest BCUT2D eigenvalue weighted by Gasteiger charge is -2.30. The first-order valence-corrected chi connectivity index (χ1v) is 14.3. The van der Waals surface area contributed by atoms with Gasteiger partial charge in [-0.25, -0.2) is 4.39 Å². The molecule has 1 aromatic heterocycles. The van der Waals surface area contributed by atoms with Gasteiger partial charge in [0.1, 0.15) is 6.61 Å². The molecule has 0 spiro atoms. The lowest BCUT2D eigenvalue weighted by molar-refractivity contribution is -0.113. The monoisotopic (exact) mass is 582 g/mol. The van der Waals surface area contributed by atoms with E-state index in [0.29, 0.717) is 33.5 Å². The number of benzene rings is 2. The predicted octanol–water partition coefficient (Wildman–Crippen LogP) is 7.68. The molecule has 2 saturated carbocycles. The van der Waals surface area contributed by atoms with Gasteiger partial charge < -0.3 is 10.1 Å². The predicted molar refractivity (Wildman–Crippen MR) is 145 cm³/mol. The van der Waals surface area contributed by atoms with Crippen molar-refractivity contribution in [2.24, 2.45) is 17.8 Å². The van der Waals surface area contributed by atoms with Crippen LogP contribution in [0.25, 0.3) is 0 Å². The third-order valence-electron chi connectivity index (χ3n) is 7.35. The molecule has 2 aliphatic carbocycles. The van der Waals surface area contributed by atoms with Gasteiger partial charge in [0.25, 0.3) is 0 Å². The van der Waals surface area contributed by atoms with Crippen molar-refractivity contribution in [2.75, 3.05) is 11.1 Å². The van der Waals surface area contributed by atoms with Gasteiger partial charge in [0, 0.05) is 11.1 Å². The molecule has 1 amide bonds. The standard InChI is InChI=1S/C26H26Cl3FN4O2S/c1-14(18-9-15-6-7-16(18)8-15)34-23(12-36-22-5-3-2-4-21(22)30)32-33-26(34)37-13-24(35)31-25-19(28)10-17(27)11-20(25)29/h2-5,10-11,14-16,18H,6-9,12-13H2,1H3,(H,31,35)/t14-,15-,16-,18-/m0/s1. The first-order valence-electron chi connectivity index (χ1n) is 12.2. The van der Waals surface area contributed by atoms with E-state index in [4.69, 9.17) is 39.5 Å². The second kappa shape index (κ2) is 11.4. The number of nitrogens with one attached hydrogen (secondary N) is 1. The Balaban J connectivity index is 1.33. The number of hydrogen-bond acceptors (Lipinski definition) is 5. The highest BCUT2D eigenvalue weighted by molar-refractivity contribution is 7.99. The molecular weight excluding hydrogens is 558 g/mol. The van der Waals surface area contributed by atoms with Crippen LogP contribution in [0.1, 0.15) is 44.5 Å². The zero-order valence-electron chi connectivity index (χ0n) is 20.1. The molecule has 0 unspecified atom stereocenters. The molecule has 0 aliphatic heterocycles. The molecular formula is C26H26Cl3FN4O2S. The van der Waals surface area contributed by atoms with E-state index in [1.807, 2.05) is 0 Å². The Kier molecular flexibility index (Phi) is 8.19. The number of amides is 1. The Morgan fingerprint density at radius 3 is 2.62 bits per heavy atom. The molecule has 2 bridgehead atoms. The highest BCUT2D eigenvalue weighted by Crippen LogP contribution is 2.52. The Morgan fingerprint density at radius 2 is 1.95 bits per heavy atom. The molecule has 4 atom stereocenters. The van der Waals surface area contributed by atoms with Gasteiger partial charge in [-0.1, -0.05) is 65.1 Å². The number of hydrogen-bond donors (Lipinski definition) is 1. The van der Waals surface area contributed by atoms with Gasteiger partial charge >= 0.3 is 0 Å². The lowest BCUT2D eigenvalue weighted by atomic mass is 9.84. The molecule has 2 fully saturated rings. The highest BCUT2D eigenvalue weighted by atomic mass is 35.5. The summed E-state index contributed by atoms with van der Waals surface area (Å²) in [5, 5.41) is 13.0. The minimum Gasteiger partial charge on any atom is -0.483 e. The number of para-hydroxylation sites is 1. The fourth-order valence-corrected chi connectivity index (χ4v) is 7.41. The molecule has 2 aromatic carbocycles. The van der Waals surface area contributed by atoms with Gasteiger partial charge in [-0.3, -0.25) is 9.36 Å². The summed E-state index contributed by atoms with van der Waals surface area (Å²) in [6.07, 6.45) is 4.99. The molecule has 11 heteroatoms. The number of halogens is 4. The first kappa shape index (κ1) is 26.6. The maximum absolute atomic E-state index is 14.1. The van der Waals surface area contributed by atoms with Crippen molar-refractivity contribution in [1.29, 1.82) is 0 Å². The minimum absolute atomic E-state index is 0.0713.